The number of imidazole rings is 1. The molecule has 0 bridgehead atoms. The highest BCUT2D eigenvalue weighted by molar-refractivity contribution is 5.45. The quantitative estimate of drug-likeness (QED) is 0.664. The summed E-state index contributed by atoms with van der Waals surface area (Å²) in [5, 5.41) is 13.0. The number of hydrogen-bond donors (Lipinski definition) is 4. The van der Waals surface area contributed by atoms with Gasteiger partial charge in [0.15, 0.2) is 0 Å². The van der Waals surface area contributed by atoms with Gasteiger partial charge < -0.3 is 20.4 Å². The van der Waals surface area contributed by atoms with E-state index in [9.17, 15) is 9.90 Å². The molecule has 19 heavy (non-hydrogen) atoms. The molecule has 0 saturated carbocycles. The van der Waals surface area contributed by atoms with Crippen LogP contribution in [0, 0.1) is 0 Å². The second kappa shape index (κ2) is 5.75. The number of anilines is 1. The number of hydrogen-bond acceptors (Lipinski definition) is 3. The van der Waals surface area contributed by atoms with Crippen LogP contribution in [-0.2, 0) is 0 Å². The second-order valence-electron chi connectivity index (χ2n) is 4.87. The number of benzene rings is 1. The van der Waals surface area contributed by atoms with E-state index in [0.29, 0.717) is 18.2 Å². The maximum atomic E-state index is 10.9. The van der Waals surface area contributed by atoms with Crippen LogP contribution < -0.4 is 11.0 Å². The molecule has 0 aliphatic heterocycles. The van der Waals surface area contributed by atoms with E-state index in [1.54, 1.807) is 0 Å². The van der Waals surface area contributed by atoms with E-state index in [1.807, 2.05) is 12.1 Å². The second-order valence-corrected chi connectivity index (χ2v) is 4.87. The molecule has 5 heteroatoms. The van der Waals surface area contributed by atoms with Gasteiger partial charge in [-0.15, -0.1) is 0 Å². The Balaban J connectivity index is 1.93. The van der Waals surface area contributed by atoms with Crippen LogP contribution in [0.5, 0.6) is 0 Å². The van der Waals surface area contributed by atoms with Crippen molar-refractivity contribution in [1.82, 2.24) is 9.97 Å². The van der Waals surface area contributed by atoms with Crippen molar-refractivity contribution in [3.8, 4) is 0 Å². The van der Waals surface area contributed by atoms with E-state index in [-0.39, 0.29) is 5.69 Å². The Hall–Kier alpha value is -2.01. The molecular formula is C14H19N3O2. The van der Waals surface area contributed by atoms with E-state index in [0.717, 1.165) is 5.69 Å². The van der Waals surface area contributed by atoms with Crippen molar-refractivity contribution in [2.75, 3.05) is 11.9 Å². The van der Waals surface area contributed by atoms with Crippen molar-refractivity contribution >= 4 is 5.69 Å². The van der Waals surface area contributed by atoms with Gasteiger partial charge in [-0.2, -0.15) is 0 Å². The number of H-pyrrole nitrogens is 2. The molecule has 4 N–H and O–H groups in total. The van der Waals surface area contributed by atoms with Crippen molar-refractivity contribution in [1.29, 1.82) is 0 Å². The van der Waals surface area contributed by atoms with Crippen LogP contribution >= 0.6 is 0 Å². The van der Waals surface area contributed by atoms with Gasteiger partial charge in [0.1, 0.15) is 6.10 Å². The Kier molecular flexibility index (Phi) is 4.06. The highest BCUT2D eigenvalue weighted by Gasteiger charge is 2.09. The first kappa shape index (κ1) is 13.4. The summed E-state index contributed by atoms with van der Waals surface area (Å²) >= 11 is 0. The Morgan fingerprint density at radius 1 is 1.26 bits per heavy atom. The molecule has 0 saturated heterocycles. The summed E-state index contributed by atoms with van der Waals surface area (Å²) in [7, 11) is 0. The van der Waals surface area contributed by atoms with Gasteiger partial charge in [-0.25, -0.2) is 4.79 Å². The number of aromatic amines is 2. The molecule has 0 aliphatic rings. The number of nitrogens with one attached hydrogen (secondary N) is 3. The predicted octanol–water partition coefficient (Wildman–Crippen LogP) is 1.97. The molecule has 0 amide bonds. The summed E-state index contributed by atoms with van der Waals surface area (Å²) in [4.78, 5) is 15.9. The monoisotopic (exact) mass is 261 g/mol. The smallest absolute Gasteiger partial charge is 0.323 e. The SMILES string of the molecule is CC(C)c1ccc(NCC(O)c2c[nH]c(=O)[nH]2)cc1. The molecule has 1 atom stereocenters. The molecule has 2 rings (SSSR count). The van der Waals surface area contributed by atoms with Crippen LogP contribution in [0.15, 0.2) is 35.3 Å². The zero-order chi connectivity index (χ0) is 13.8. The van der Waals surface area contributed by atoms with Crippen LogP contribution in [0.2, 0.25) is 0 Å². The van der Waals surface area contributed by atoms with E-state index in [2.05, 4.69) is 41.3 Å². The van der Waals surface area contributed by atoms with Gasteiger partial charge in [-0.05, 0) is 23.6 Å². The number of rotatable bonds is 5. The molecule has 1 aromatic heterocycles. The van der Waals surface area contributed by atoms with Crippen molar-refractivity contribution in [3.63, 3.8) is 0 Å². The fourth-order valence-electron chi connectivity index (χ4n) is 1.84. The molecule has 102 valence electrons. The van der Waals surface area contributed by atoms with Gasteiger partial charge in [0.25, 0.3) is 0 Å². The number of aliphatic hydroxyl groups excluding tert-OH is 1. The van der Waals surface area contributed by atoms with E-state index in [1.165, 1.54) is 11.8 Å². The van der Waals surface area contributed by atoms with Crippen LogP contribution in [0.4, 0.5) is 5.69 Å². The van der Waals surface area contributed by atoms with Gasteiger partial charge in [-0.3, -0.25) is 0 Å². The Bertz CT molecular complexity index is 569. The first-order valence-electron chi connectivity index (χ1n) is 6.35. The standard InChI is InChI=1S/C14H19N3O2/c1-9(2)10-3-5-11(6-4-10)15-8-13(18)12-7-16-14(19)17-12/h3-7,9,13,15,18H,8H2,1-2H3,(H2,16,17,19). The molecule has 0 fully saturated rings. The first-order chi connectivity index (χ1) is 9.06. The molecule has 2 aromatic rings. The summed E-state index contributed by atoms with van der Waals surface area (Å²) in [6.07, 6.45) is 0.736. The van der Waals surface area contributed by atoms with E-state index in [4.69, 9.17) is 0 Å². The first-order valence-corrected chi connectivity index (χ1v) is 6.35. The molecule has 1 heterocycles. The van der Waals surface area contributed by atoms with Gasteiger partial charge in [0.2, 0.25) is 0 Å². The van der Waals surface area contributed by atoms with Crippen molar-refractivity contribution in [3.05, 3.63) is 52.2 Å². The van der Waals surface area contributed by atoms with E-state index >= 15 is 0 Å². The average Bonchev–Trinajstić information content (AvgIpc) is 2.83. The maximum Gasteiger partial charge on any atom is 0.323 e. The van der Waals surface area contributed by atoms with Crippen LogP contribution in [0.25, 0.3) is 0 Å². The maximum absolute atomic E-state index is 10.9. The average molecular weight is 261 g/mol. The largest absolute Gasteiger partial charge is 0.385 e. The molecule has 1 unspecified atom stereocenters. The summed E-state index contributed by atoms with van der Waals surface area (Å²) in [5.74, 6) is 0.504. The summed E-state index contributed by atoms with van der Waals surface area (Å²) in [5.41, 5.74) is 2.40. The third kappa shape index (κ3) is 3.48. The molecule has 0 aliphatic carbocycles. The van der Waals surface area contributed by atoms with Crippen LogP contribution in [0.3, 0.4) is 0 Å². The lowest BCUT2D eigenvalue weighted by Crippen LogP contribution is -2.13. The fourth-order valence-corrected chi connectivity index (χ4v) is 1.84. The highest BCUT2D eigenvalue weighted by atomic mass is 16.3. The lowest BCUT2D eigenvalue weighted by Gasteiger charge is -2.12. The fraction of sp³-hybridized carbons (Fsp3) is 0.357. The van der Waals surface area contributed by atoms with Gasteiger partial charge in [0, 0.05) is 18.4 Å². The van der Waals surface area contributed by atoms with E-state index < -0.39 is 6.10 Å². The third-order valence-electron chi connectivity index (χ3n) is 3.05. The van der Waals surface area contributed by atoms with Crippen LogP contribution in [-0.4, -0.2) is 21.6 Å². The van der Waals surface area contributed by atoms with Crippen LogP contribution in [0.1, 0.15) is 37.1 Å². The zero-order valence-electron chi connectivity index (χ0n) is 11.1. The Labute approximate surface area is 111 Å². The molecule has 1 aromatic carbocycles. The predicted molar refractivity (Wildman–Crippen MR) is 75.4 cm³/mol. The van der Waals surface area contributed by atoms with Gasteiger partial charge >= 0.3 is 5.69 Å². The Morgan fingerprint density at radius 3 is 2.47 bits per heavy atom. The van der Waals surface area contributed by atoms with Crippen molar-refractivity contribution in [2.45, 2.75) is 25.9 Å². The van der Waals surface area contributed by atoms with Crippen molar-refractivity contribution in [2.24, 2.45) is 0 Å². The summed E-state index contributed by atoms with van der Waals surface area (Å²) < 4.78 is 0. The minimum Gasteiger partial charge on any atom is -0.385 e. The highest BCUT2D eigenvalue weighted by Crippen LogP contribution is 2.17. The summed E-state index contributed by atoms with van der Waals surface area (Å²) in [6, 6.07) is 8.11. The minimum atomic E-state index is -0.747. The number of aliphatic hydroxyl groups is 1. The zero-order valence-corrected chi connectivity index (χ0v) is 11.1. The summed E-state index contributed by atoms with van der Waals surface area (Å²) in [6.45, 7) is 4.64. The number of aromatic nitrogens is 2. The lowest BCUT2D eigenvalue weighted by molar-refractivity contribution is 0.187. The topological polar surface area (TPSA) is 80.9 Å². The molecule has 5 nitrogen and oxygen atoms in total. The third-order valence-corrected chi connectivity index (χ3v) is 3.05. The molecule has 0 radical (unpaired) electrons. The molecule has 0 spiro atoms. The van der Waals surface area contributed by atoms with Gasteiger partial charge in [0.05, 0.1) is 5.69 Å². The van der Waals surface area contributed by atoms with Gasteiger partial charge in [-0.1, -0.05) is 26.0 Å². The van der Waals surface area contributed by atoms with Crippen molar-refractivity contribution < 1.29 is 5.11 Å². The minimum absolute atomic E-state index is 0.310. The Morgan fingerprint density at radius 2 is 1.95 bits per heavy atom. The molecular weight excluding hydrogens is 242 g/mol. The normalized spacial score (nSPS) is 12.6. The lowest BCUT2D eigenvalue weighted by atomic mass is 10.0.